The first-order valence-electron chi connectivity index (χ1n) is 12.6. The summed E-state index contributed by atoms with van der Waals surface area (Å²) >= 11 is 1.22. The Morgan fingerprint density at radius 2 is 1.43 bits per heavy atom. The van der Waals surface area contributed by atoms with Gasteiger partial charge in [0.1, 0.15) is 10.7 Å². The highest BCUT2D eigenvalue weighted by Crippen LogP contribution is 2.35. The molecule has 0 heterocycles. The first kappa shape index (κ1) is 33.7. The predicted molar refractivity (Wildman–Crippen MR) is 142 cm³/mol. The van der Waals surface area contributed by atoms with Crippen molar-refractivity contribution < 1.29 is 27.7 Å². The SMILES string of the molecule is CCCCCCCCCCCCCCSC(C#N)C(C)([CH]C(=O)NC(C)(C)CS(=O)(=O)O)C(=O)O. The fraction of sp³-hybridized carbons (Fsp3) is 0.840. The highest BCUT2D eigenvalue weighted by Gasteiger charge is 2.45. The van der Waals surface area contributed by atoms with Crippen molar-refractivity contribution in [1.29, 1.82) is 5.26 Å². The molecule has 0 aliphatic carbocycles. The average Bonchev–Trinajstić information content (AvgIpc) is 2.71. The molecule has 2 unspecified atom stereocenters. The minimum atomic E-state index is -4.34. The number of nitrogens with one attached hydrogen (secondary N) is 1. The number of carboxylic acids is 1. The van der Waals surface area contributed by atoms with Crippen LogP contribution in [0.25, 0.3) is 0 Å². The fourth-order valence-corrected chi connectivity index (χ4v) is 6.05. The van der Waals surface area contributed by atoms with Crippen LogP contribution in [0.1, 0.15) is 105 Å². The van der Waals surface area contributed by atoms with Gasteiger partial charge in [-0.25, -0.2) is 0 Å². The Morgan fingerprint density at radius 1 is 0.971 bits per heavy atom. The van der Waals surface area contributed by atoms with Gasteiger partial charge in [-0.3, -0.25) is 14.1 Å². The molecule has 0 saturated heterocycles. The number of rotatable bonds is 21. The van der Waals surface area contributed by atoms with E-state index < -0.39 is 44.0 Å². The molecule has 1 amide bonds. The molecule has 0 bridgehead atoms. The molecule has 0 aromatic carbocycles. The molecule has 3 N–H and O–H groups in total. The van der Waals surface area contributed by atoms with Crippen LogP contribution < -0.4 is 5.32 Å². The Balaban J connectivity index is 4.44. The number of unbranched alkanes of at least 4 members (excludes halogenated alkanes) is 11. The fourth-order valence-electron chi connectivity index (χ4n) is 3.87. The van der Waals surface area contributed by atoms with Gasteiger partial charge in [0.15, 0.2) is 0 Å². The molecule has 0 aliphatic heterocycles. The molecule has 1 radical (unpaired) electrons. The minimum Gasteiger partial charge on any atom is -0.481 e. The third kappa shape index (κ3) is 16.1. The lowest BCUT2D eigenvalue weighted by molar-refractivity contribution is -0.147. The summed E-state index contributed by atoms with van der Waals surface area (Å²) in [7, 11) is -4.34. The van der Waals surface area contributed by atoms with E-state index in [9.17, 15) is 28.4 Å². The maximum Gasteiger partial charge on any atom is 0.312 e. The zero-order valence-electron chi connectivity index (χ0n) is 21.8. The Hall–Kier alpha value is -1.31. The molecule has 0 spiro atoms. The molecule has 0 aromatic rings. The molecule has 2 atom stereocenters. The third-order valence-electron chi connectivity index (χ3n) is 5.84. The smallest absolute Gasteiger partial charge is 0.312 e. The minimum absolute atomic E-state index is 0.613. The highest BCUT2D eigenvalue weighted by molar-refractivity contribution is 8.00. The van der Waals surface area contributed by atoms with E-state index >= 15 is 0 Å². The van der Waals surface area contributed by atoms with Gasteiger partial charge >= 0.3 is 5.97 Å². The van der Waals surface area contributed by atoms with Crippen LogP contribution in [0.15, 0.2) is 0 Å². The number of hydrogen-bond acceptors (Lipinski definition) is 6. The van der Waals surface area contributed by atoms with E-state index in [1.807, 2.05) is 6.07 Å². The Labute approximate surface area is 216 Å². The van der Waals surface area contributed by atoms with Gasteiger partial charge in [0.05, 0.1) is 23.8 Å². The van der Waals surface area contributed by atoms with E-state index in [1.165, 1.54) is 90.3 Å². The van der Waals surface area contributed by atoms with Gasteiger partial charge in [0.2, 0.25) is 5.91 Å². The van der Waals surface area contributed by atoms with Gasteiger partial charge in [0.25, 0.3) is 10.1 Å². The largest absolute Gasteiger partial charge is 0.481 e. The first-order chi connectivity index (χ1) is 16.3. The molecule has 0 rings (SSSR count). The molecule has 10 heteroatoms. The number of nitriles is 1. The molecule has 0 fully saturated rings. The summed E-state index contributed by atoms with van der Waals surface area (Å²) in [6.45, 7) is 6.33. The Morgan fingerprint density at radius 3 is 1.83 bits per heavy atom. The second-order valence-electron chi connectivity index (χ2n) is 10.1. The summed E-state index contributed by atoms with van der Waals surface area (Å²) in [5.41, 5.74) is -3.07. The molecule has 8 nitrogen and oxygen atoms in total. The maximum absolute atomic E-state index is 12.4. The van der Waals surface area contributed by atoms with E-state index in [2.05, 4.69) is 12.2 Å². The summed E-state index contributed by atoms with van der Waals surface area (Å²) in [6, 6.07) is 2.01. The lowest BCUT2D eigenvalue weighted by atomic mass is 9.82. The topological polar surface area (TPSA) is 145 Å². The van der Waals surface area contributed by atoms with Crippen LogP contribution in [-0.4, -0.2) is 52.2 Å². The average molecular weight is 534 g/mol. The van der Waals surface area contributed by atoms with Crippen molar-refractivity contribution in [2.24, 2.45) is 5.41 Å². The molecule has 0 saturated carbocycles. The zero-order valence-corrected chi connectivity index (χ0v) is 23.5. The number of carbonyl (C=O) groups is 2. The number of carbonyl (C=O) groups excluding carboxylic acids is 1. The van der Waals surface area contributed by atoms with Crippen LogP contribution in [0, 0.1) is 23.2 Å². The van der Waals surface area contributed by atoms with Crippen LogP contribution in [0.3, 0.4) is 0 Å². The second-order valence-corrected chi connectivity index (χ2v) is 12.8. The van der Waals surface area contributed by atoms with Crippen molar-refractivity contribution in [3.05, 3.63) is 6.42 Å². The van der Waals surface area contributed by atoms with E-state index in [-0.39, 0.29) is 0 Å². The summed E-state index contributed by atoms with van der Waals surface area (Å²) < 4.78 is 31.3. The summed E-state index contributed by atoms with van der Waals surface area (Å²) in [5.74, 6) is -2.23. The van der Waals surface area contributed by atoms with Gasteiger partial charge in [0, 0.05) is 0 Å². The quantitative estimate of drug-likeness (QED) is 0.131. The van der Waals surface area contributed by atoms with Crippen molar-refractivity contribution in [2.75, 3.05) is 11.5 Å². The van der Waals surface area contributed by atoms with Gasteiger partial charge in [-0.1, -0.05) is 77.6 Å². The van der Waals surface area contributed by atoms with Crippen LogP contribution in [0.2, 0.25) is 0 Å². The molecule has 0 aromatic heterocycles. The zero-order chi connectivity index (χ0) is 27.0. The van der Waals surface area contributed by atoms with Crippen molar-refractivity contribution >= 4 is 33.8 Å². The number of aliphatic carboxylic acids is 1. The van der Waals surface area contributed by atoms with Gasteiger partial charge in [-0.05, 0) is 32.9 Å². The molecular formula is C25H45N2O6S2. The normalized spacial score (nSPS) is 14.6. The number of thioether (sulfide) groups is 1. The van der Waals surface area contributed by atoms with E-state index in [0.717, 1.165) is 25.7 Å². The summed E-state index contributed by atoms with van der Waals surface area (Å²) in [5, 5.41) is 20.8. The molecule has 35 heavy (non-hydrogen) atoms. The van der Waals surface area contributed by atoms with E-state index in [0.29, 0.717) is 5.75 Å². The van der Waals surface area contributed by atoms with Crippen molar-refractivity contribution in [3.8, 4) is 6.07 Å². The van der Waals surface area contributed by atoms with E-state index in [1.54, 1.807) is 0 Å². The summed E-state index contributed by atoms with van der Waals surface area (Å²) in [6.07, 6.45) is 15.5. The van der Waals surface area contributed by atoms with E-state index in [4.69, 9.17) is 4.55 Å². The standard InChI is InChI=1S/C25H45N2O6S2/c1-5-6-7-8-9-10-11-12-13-14-15-16-17-34-21(19-26)25(4,23(29)30)18-22(28)27-24(2,3)20-35(31,32)33/h18,21H,5-17,20H2,1-4H3,(H,27,28)(H,29,30)(H,31,32,33). The van der Waals surface area contributed by atoms with Crippen LogP contribution in [-0.2, 0) is 19.7 Å². The van der Waals surface area contributed by atoms with Gasteiger partial charge < -0.3 is 10.4 Å². The molecular weight excluding hydrogens is 488 g/mol. The van der Waals surface area contributed by atoms with Crippen LogP contribution in [0.5, 0.6) is 0 Å². The van der Waals surface area contributed by atoms with Gasteiger partial charge in [-0.2, -0.15) is 13.7 Å². The number of nitrogens with zero attached hydrogens (tertiary/aromatic N) is 1. The van der Waals surface area contributed by atoms with Crippen LogP contribution in [0.4, 0.5) is 0 Å². The van der Waals surface area contributed by atoms with Gasteiger partial charge in [-0.15, -0.1) is 11.8 Å². The van der Waals surface area contributed by atoms with Crippen LogP contribution >= 0.6 is 11.8 Å². The molecule has 0 aliphatic rings. The highest BCUT2D eigenvalue weighted by atomic mass is 32.2. The number of carboxylic acid groups (broad SMARTS) is 1. The number of hydrogen-bond donors (Lipinski definition) is 3. The van der Waals surface area contributed by atoms with Crippen molar-refractivity contribution in [3.63, 3.8) is 0 Å². The first-order valence-corrected chi connectivity index (χ1v) is 15.3. The lowest BCUT2D eigenvalue weighted by Crippen LogP contribution is -2.51. The Bertz CT molecular complexity index is 779. The summed E-state index contributed by atoms with van der Waals surface area (Å²) in [4.78, 5) is 24.4. The lowest BCUT2D eigenvalue weighted by Gasteiger charge is -2.31. The monoisotopic (exact) mass is 533 g/mol. The maximum atomic E-state index is 12.4. The second kappa shape index (κ2) is 17.2. The number of amides is 1. The third-order valence-corrected chi connectivity index (χ3v) is 8.38. The molecule has 203 valence electrons. The van der Waals surface area contributed by atoms with Crippen molar-refractivity contribution in [1.82, 2.24) is 5.32 Å². The van der Waals surface area contributed by atoms with Crippen molar-refractivity contribution in [2.45, 2.75) is 116 Å². The Kier molecular flexibility index (Phi) is 16.6. The predicted octanol–water partition coefficient (Wildman–Crippen LogP) is 5.39.